The summed E-state index contributed by atoms with van der Waals surface area (Å²) >= 11 is 0. The smallest absolute Gasteiger partial charge is 0.254 e. The fraction of sp³-hybridized carbons (Fsp3) is 0.481. The van der Waals surface area contributed by atoms with Gasteiger partial charge in [-0.1, -0.05) is 26.0 Å². The largest absolute Gasteiger partial charge is 0.497 e. The summed E-state index contributed by atoms with van der Waals surface area (Å²) < 4.78 is 54.1. The Kier molecular flexibility index (Phi) is 8.13. The molecule has 2 aromatic rings. The van der Waals surface area contributed by atoms with Crippen LogP contribution in [0.25, 0.3) is 0 Å². The number of methoxy groups -OCH3 is 1. The average molecular weight is 492 g/mol. The number of benzene rings is 2. The highest BCUT2D eigenvalue weighted by atomic mass is 19.2. The van der Waals surface area contributed by atoms with E-state index >= 15 is 0 Å². The van der Waals surface area contributed by atoms with Crippen LogP contribution >= 0.6 is 0 Å². The van der Waals surface area contributed by atoms with Crippen molar-refractivity contribution in [2.75, 3.05) is 13.7 Å². The Labute approximate surface area is 204 Å². The van der Waals surface area contributed by atoms with Crippen LogP contribution < -0.4 is 14.8 Å². The average Bonchev–Trinajstić information content (AvgIpc) is 2.85. The fourth-order valence-corrected chi connectivity index (χ4v) is 4.61. The van der Waals surface area contributed by atoms with Crippen molar-refractivity contribution in [3.63, 3.8) is 0 Å². The van der Waals surface area contributed by atoms with Crippen molar-refractivity contribution in [2.24, 2.45) is 10.8 Å². The molecule has 1 aliphatic rings. The van der Waals surface area contributed by atoms with Crippen LogP contribution in [-0.4, -0.2) is 25.3 Å². The van der Waals surface area contributed by atoms with Gasteiger partial charge in [0.25, 0.3) is 5.91 Å². The summed E-state index contributed by atoms with van der Waals surface area (Å²) in [5, 5.41) is 2.62. The van der Waals surface area contributed by atoms with Gasteiger partial charge in [0.15, 0.2) is 17.4 Å². The van der Waals surface area contributed by atoms with E-state index in [1.54, 1.807) is 31.2 Å². The van der Waals surface area contributed by atoms with Crippen LogP contribution in [0.1, 0.15) is 68.8 Å². The molecule has 0 unspecified atom stereocenters. The Morgan fingerprint density at radius 2 is 1.66 bits per heavy atom. The van der Waals surface area contributed by atoms with Gasteiger partial charge in [-0.15, -0.1) is 0 Å². The molecule has 0 saturated heterocycles. The van der Waals surface area contributed by atoms with Crippen molar-refractivity contribution in [3.05, 3.63) is 58.9 Å². The molecule has 1 amide bonds. The number of nitrogens with one attached hydrogen (secondary N) is 1. The van der Waals surface area contributed by atoms with Crippen LogP contribution in [0, 0.1) is 28.3 Å². The Bertz CT molecular complexity index is 1080. The predicted octanol–water partition coefficient (Wildman–Crippen LogP) is 5.99. The summed E-state index contributed by atoms with van der Waals surface area (Å²) in [5.74, 6) is -5.19. The van der Waals surface area contributed by atoms with Crippen LogP contribution in [0.3, 0.4) is 0 Å². The first-order valence-electron chi connectivity index (χ1n) is 11.8. The highest BCUT2D eigenvalue weighted by Gasteiger charge is 2.42. The van der Waals surface area contributed by atoms with Gasteiger partial charge in [0.05, 0.1) is 12.7 Å². The van der Waals surface area contributed by atoms with E-state index in [0.29, 0.717) is 43.1 Å². The van der Waals surface area contributed by atoms with Crippen LogP contribution in [-0.2, 0) is 11.4 Å². The maximum Gasteiger partial charge on any atom is 0.254 e. The molecule has 35 heavy (non-hydrogen) atoms. The molecule has 3 rings (SSSR count). The van der Waals surface area contributed by atoms with Crippen LogP contribution in [0.4, 0.5) is 13.2 Å². The van der Waals surface area contributed by atoms with Gasteiger partial charge in [-0.25, -0.2) is 8.78 Å². The van der Waals surface area contributed by atoms with Crippen molar-refractivity contribution in [3.8, 4) is 11.5 Å². The van der Waals surface area contributed by atoms with Gasteiger partial charge in [0, 0.05) is 12.0 Å². The zero-order valence-electron chi connectivity index (χ0n) is 20.6. The number of hydrogen-bond acceptors (Lipinski definition) is 4. The second kappa shape index (κ2) is 10.7. The lowest BCUT2D eigenvalue weighted by Gasteiger charge is -2.43. The molecule has 1 fully saturated rings. The molecule has 1 saturated carbocycles. The molecule has 0 radical (unpaired) electrons. The monoisotopic (exact) mass is 491 g/mol. The van der Waals surface area contributed by atoms with Gasteiger partial charge < -0.3 is 14.8 Å². The van der Waals surface area contributed by atoms with E-state index in [1.807, 2.05) is 13.8 Å². The Morgan fingerprint density at radius 1 is 1.03 bits per heavy atom. The maximum atomic E-state index is 14.7. The number of carbonyl (C=O) groups is 2. The molecule has 0 bridgehead atoms. The number of ketones is 1. The van der Waals surface area contributed by atoms with Crippen LogP contribution in [0.15, 0.2) is 30.3 Å². The molecular weight excluding hydrogens is 459 g/mol. The second-order valence-electron chi connectivity index (χ2n) is 9.68. The first-order chi connectivity index (χ1) is 16.5. The van der Waals surface area contributed by atoms with Gasteiger partial charge in [-0.2, -0.15) is 4.39 Å². The van der Waals surface area contributed by atoms with E-state index in [2.05, 4.69) is 5.32 Å². The third kappa shape index (κ3) is 5.80. The summed E-state index contributed by atoms with van der Waals surface area (Å²) in [6.45, 7) is 5.62. The third-order valence-corrected chi connectivity index (χ3v) is 7.42. The Hall–Kier alpha value is -3.03. The highest BCUT2D eigenvalue weighted by Crippen LogP contribution is 2.47. The summed E-state index contributed by atoms with van der Waals surface area (Å²) in [4.78, 5) is 24.7. The van der Waals surface area contributed by atoms with Crippen molar-refractivity contribution in [1.82, 2.24) is 5.32 Å². The van der Waals surface area contributed by atoms with Crippen molar-refractivity contribution < 1.29 is 32.2 Å². The lowest BCUT2D eigenvalue weighted by atomic mass is 9.62. The van der Waals surface area contributed by atoms with Crippen LogP contribution in [0.2, 0.25) is 0 Å². The number of rotatable bonds is 9. The quantitative estimate of drug-likeness (QED) is 0.438. The first-order valence-corrected chi connectivity index (χ1v) is 11.8. The van der Waals surface area contributed by atoms with Gasteiger partial charge >= 0.3 is 0 Å². The van der Waals surface area contributed by atoms with Gasteiger partial charge in [0.2, 0.25) is 5.82 Å². The molecule has 1 N–H and O–H groups in total. The second-order valence-corrected chi connectivity index (χ2v) is 9.68. The number of carbonyl (C=O) groups excluding carboxylic acids is 2. The first kappa shape index (κ1) is 26.6. The number of hydrogen-bond donors (Lipinski definition) is 1. The van der Waals surface area contributed by atoms with Crippen molar-refractivity contribution in [2.45, 2.75) is 59.5 Å². The fourth-order valence-electron chi connectivity index (χ4n) is 4.61. The molecule has 0 aliphatic heterocycles. The standard InChI is InChI=1S/C27H32F3NO4/c1-5-27(17(2)32)12-10-26(3,11-13-27)16-31-25(33)20-14-21(28)24(23(30)22(20)29)35-15-18-6-8-19(34-4)9-7-18/h6-9,14H,5,10-13,15-16H2,1-4H3,(H,31,33)/t26-,27+. The number of ether oxygens (including phenoxy) is 2. The Morgan fingerprint density at radius 3 is 2.20 bits per heavy atom. The van der Waals surface area contributed by atoms with E-state index < -0.39 is 34.7 Å². The minimum atomic E-state index is -1.55. The molecular formula is C27H32F3NO4. The summed E-state index contributed by atoms with van der Waals surface area (Å²) in [5.41, 5.74) is -0.741. The summed E-state index contributed by atoms with van der Waals surface area (Å²) in [7, 11) is 1.51. The Balaban J connectivity index is 1.65. The molecule has 0 atom stereocenters. The van der Waals surface area contributed by atoms with Crippen LogP contribution in [0.5, 0.6) is 11.5 Å². The molecule has 0 spiro atoms. The van der Waals surface area contributed by atoms with E-state index in [4.69, 9.17) is 9.47 Å². The number of amides is 1. The van der Waals surface area contributed by atoms with Gasteiger partial charge in [0.1, 0.15) is 18.1 Å². The molecule has 5 nitrogen and oxygen atoms in total. The zero-order valence-corrected chi connectivity index (χ0v) is 20.6. The van der Waals surface area contributed by atoms with E-state index in [0.717, 1.165) is 6.42 Å². The minimum Gasteiger partial charge on any atom is -0.497 e. The lowest BCUT2D eigenvalue weighted by molar-refractivity contribution is -0.130. The van der Waals surface area contributed by atoms with Gasteiger partial charge in [-0.3, -0.25) is 9.59 Å². The molecule has 190 valence electrons. The number of Topliss-reactive ketones (excluding diaryl/α,β-unsaturated/α-hetero) is 1. The van der Waals surface area contributed by atoms with E-state index in [-0.39, 0.29) is 29.8 Å². The minimum absolute atomic E-state index is 0.174. The van der Waals surface area contributed by atoms with Gasteiger partial charge in [-0.05, 0) is 68.2 Å². The molecule has 2 aromatic carbocycles. The molecule has 0 heterocycles. The van der Waals surface area contributed by atoms with Crippen molar-refractivity contribution >= 4 is 11.7 Å². The lowest BCUT2D eigenvalue weighted by Crippen LogP contribution is -2.43. The zero-order chi connectivity index (χ0) is 25.8. The molecule has 1 aliphatic carbocycles. The SMILES string of the molecule is CC[C@]1(C(C)=O)CC[C@@](C)(CNC(=O)c2cc(F)c(OCc3ccc(OC)cc3)c(F)c2F)CC1. The normalized spacial score (nSPS) is 21.9. The highest BCUT2D eigenvalue weighted by molar-refractivity contribution is 5.94. The topological polar surface area (TPSA) is 64.6 Å². The maximum absolute atomic E-state index is 14.7. The molecule has 8 heteroatoms. The molecule has 0 aromatic heterocycles. The number of halogens is 3. The summed E-state index contributed by atoms with van der Waals surface area (Å²) in [6, 6.07) is 7.28. The van der Waals surface area contributed by atoms with E-state index in [1.165, 1.54) is 7.11 Å². The van der Waals surface area contributed by atoms with E-state index in [9.17, 15) is 22.8 Å². The third-order valence-electron chi connectivity index (χ3n) is 7.42. The predicted molar refractivity (Wildman–Crippen MR) is 126 cm³/mol. The summed E-state index contributed by atoms with van der Waals surface area (Å²) in [6.07, 6.45) is 3.61. The van der Waals surface area contributed by atoms with Crippen molar-refractivity contribution in [1.29, 1.82) is 0 Å².